The van der Waals surface area contributed by atoms with Gasteiger partial charge >= 0.3 is 6.09 Å². The second-order valence-corrected chi connectivity index (χ2v) is 8.35. The predicted octanol–water partition coefficient (Wildman–Crippen LogP) is 4.43. The Kier molecular flexibility index (Phi) is 5.35. The normalized spacial score (nSPS) is 19.1. The number of fused-ring (bicyclic) bond motifs is 2. The van der Waals surface area contributed by atoms with E-state index < -0.39 is 18.1 Å². The Morgan fingerprint density at radius 2 is 2.12 bits per heavy atom. The molecule has 0 unspecified atom stereocenters. The standard InChI is InChI=1S/C23H23F2N5O3/c1-11-16(8-29-22-21(11)27-2-3-32-22)15-6-13-7-18(28-9-17(13)20(26)19(15)25)30-23(31)33-10-12-4-14(24)5-12/h6-9,12,14,27H,2-5,10,26H2,1H3,(H,28,30,31). The third-order valence-corrected chi connectivity index (χ3v) is 6.09. The summed E-state index contributed by atoms with van der Waals surface area (Å²) >= 11 is 0. The molecule has 1 saturated carbocycles. The zero-order valence-corrected chi connectivity index (χ0v) is 18.0. The number of alkyl halides is 1. The van der Waals surface area contributed by atoms with E-state index in [0.717, 1.165) is 11.3 Å². The number of nitrogens with one attached hydrogen (secondary N) is 2. The van der Waals surface area contributed by atoms with E-state index in [4.69, 9.17) is 15.2 Å². The molecular weight excluding hydrogens is 432 g/mol. The Balaban J connectivity index is 1.43. The Morgan fingerprint density at radius 3 is 2.91 bits per heavy atom. The number of nitrogens with two attached hydrogens (primary N) is 1. The van der Waals surface area contributed by atoms with Crippen LogP contribution < -0.4 is 21.1 Å². The summed E-state index contributed by atoms with van der Waals surface area (Å²) in [6, 6.07) is 3.24. The average molecular weight is 455 g/mol. The van der Waals surface area contributed by atoms with Crippen LogP contribution in [0, 0.1) is 18.7 Å². The zero-order chi connectivity index (χ0) is 23.1. The van der Waals surface area contributed by atoms with E-state index >= 15 is 4.39 Å². The van der Waals surface area contributed by atoms with Crippen molar-refractivity contribution in [1.29, 1.82) is 0 Å². The second-order valence-electron chi connectivity index (χ2n) is 8.35. The highest BCUT2D eigenvalue weighted by molar-refractivity contribution is 5.99. The summed E-state index contributed by atoms with van der Waals surface area (Å²) in [6.07, 6.45) is 2.30. The van der Waals surface area contributed by atoms with E-state index in [0.29, 0.717) is 48.2 Å². The van der Waals surface area contributed by atoms with Crippen molar-refractivity contribution >= 4 is 34.1 Å². The molecule has 0 bridgehead atoms. The van der Waals surface area contributed by atoms with E-state index in [2.05, 4.69) is 20.6 Å². The molecule has 1 aromatic carbocycles. The van der Waals surface area contributed by atoms with E-state index in [1.807, 2.05) is 6.92 Å². The first-order chi connectivity index (χ1) is 15.9. The van der Waals surface area contributed by atoms with Crippen molar-refractivity contribution in [2.45, 2.75) is 25.9 Å². The van der Waals surface area contributed by atoms with Crippen LogP contribution in [0.3, 0.4) is 0 Å². The van der Waals surface area contributed by atoms with Crippen LogP contribution in [0.15, 0.2) is 24.5 Å². The minimum absolute atomic E-state index is 0.0452. The molecule has 1 aliphatic heterocycles. The third kappa shape index (κ3) is 3.96. The van der Waals surface area contributed by atoms with Crippen LogP contribution in [0.25, 0.3) is 21.9 Å². The quantitative estimate of drug-likeness (QED) is 0.499. The molecule has 3 aromatic rings. The summed E-state index contributed by atoms with van der Waals surface area (Å²) in [4.78, 5) is 20.5. The maximum atomic E-state index is 15.2. The Bertz CT molecular complexity index is 1250. The number of anilines is 3. The lowest BCUT2D eigenvalue weighted by atomic mass is 9.84. The first kappa shape index (κ1) is 21.2. The van der Waals surface area contributed by atoms with Crippen LogP contribution in [0.5, 0.6) is 5.88 Å². The molecule has 10 heteroatoms. The van der Waals surface area contributed by atoms with Gasteiger partial charge in [-0.05, 0) is 48.8 Å². The first-order valence-corrected chi connectivity index (χ1v) is 10.7. The minimum Gasteiger partial charge on any atom is -0.474 e. The lowest BCUT2D eigenvalue weighted by molar-refractivity contribution is 0.0630. The number of halogens is 2. The number of nitrogen functional groups attached to an aromatic ring is 1. The van der Waals surface area contributed by atoms with Crippen molar-refractivity contribution in [2.24, 2.45) is 5.92 Å². The van der Waals surface area contributed by atoms with E-state index in [9.17, 15) is 9.18 Å². The fourth-order valence-electron chi connectivity index (χ4n) is 4.18. The molecule has 4 N–H and O–H groups in total. The maximum Gasteiger partial charge on any atom is 0.412 e. The molecule has 8 nitrogen and oxygen atoms in total. The predicted molar refractivity (Wildman–Crippen MR) is 121 cm³/mol. The summed E-state index contributed by atoms with van der Waals surface area (Å²) in [5, 5.41) is 6.81. The van der Waals surface area contributed by atoms with Gasteiger partial charge in [-0.2, -0.15) is 0 Å². The highest BCUT2D eigenvalue weighted by Crippen LogP contribution is 2.39. The van der Waals surface area contributed by atoms with Gasteiger partial charge < -0.3 is 20.5 Å². The minimum atomic E-state index is -0.805. The number of ether oxygens (including phenoxy) is 2. The molecule has 33 heavy (non-hydrogen) atoms. The van der Waals surface area contributed by atoms with E-state index in [-0.39, 0.29) is 29.6 Å². The molecule has 1 aliphatic carbocycles. The summed E-state index contributed by atoms with van der Waals surface area (Å²) in [7, 11) is 0. The highest BCUT2D eigenvalue weighted by atomic mass is 19.1. The van der Waals surface area contributed by atoms with Crippen molar-refractivity contribution in [2.75, 3.05) is 36.1 Å². The van der Waals surface area contributed by atoms with Crippen LogP contribution >= 0.6 is 0 Å². The monoisotopic (exact) mass is 455 g/mol. The summed E-state index contributed by atoms with van der Waals surface area (Å²) in [6.45, 7) is 3.16. The molecule has 2 aliphatic rings. The summed E-state index contributed by atoms with van der Waals surface area (Å²) in [5.41, 5.74) is 8.42. The van der Waals surface area contributed by atoms with Gasteiger partial charge in [0, 0.05) is 35.5 Å². The van der Waals surface area contributed by atoms with Crippen LogP contribution in [0.1, 0.15) is 18.4 Å². The first-order valence-electron chi connectivity index (χ1n) is 10.7. The largest absolute Gasteiger partial charge is 0.474 e. The Hall–Kier alpha value is -3.69. The molecular formula is C23H23F2N5O3. The van der Waals surface area contributed by atoms with E-state index in [1.54, 1.807) is 18.3 Å². The van der Waals surface area contributed by atoms with Crippen LogP contribution in [0.4, 0.5) is 30.8 Å². The molecule has 0 spiro atoms. The van der Waals surface area contributed by atoms with Crippen molar-refractivity contribution in [3.05, 3.63) is 35.9 Å². The van der Waals surface area contributed by atoms with E-state index in [1.165, 1.54) is 6.20 Å². The smallest absolute Gasteiger partial charge is 0.412 e. The molecule has 1 fully saturated rings. The van der Waals surface area contributed by atoms with Crippen molar-refractivity contribution < 1.29 is 23.0 Å². The second kappa shape index (κ2) is 8.34. The van der Waals surface area contributed by atoms with Crippen LogP contribution in [0.2, 0.25) is 0 Å². The number of hydrogen-bond donors (Lipinski definition) is 3. The Labute approximate surface area is 188 Å². The lowest BCUT2D eigenvalue weighted by Crippen LogP contribution is -2.30. The van der Waals surface area contributed by atoms with Gasteiger partial charge in [0.05, 0.1) is 12.3 Å². The molecule has 3 heterocycles. The van der Waals surface area contributed by atoms with Crippen LogP contribution in [-0.4, -0.2) is 42.0 Å². The SMILES string of the molecule is Cc1c(-c2cc3cc(NC(=O)OCC4CC(F)C4)ncc3c(N)c2F)cnc2c1NCCO2. The summed E-state index contributed by atoms with van der Waals surface area (Å²) in [5.74, 6) is 0.193. The number of carbonyl (C=O) groups excluding carboxylic acids is 1. The van der Waals surface area contributed by atoms with Gasteiger partial charge in [-0.15, -0.1) is 0 Å². The molecule has 0 radical (unpaired) electrons. The summed E-state index contributed by atoms with van der Waals surface area (Å²) < 4.78 is 38.8. The van der Waals surface area contributed by atoms with Crippen LogP contribution in [-0.2, 0) is 4.74 Å². The van der Waals surface area contributed by atoms with Gasteiger partial charge in [0.1, 0.15) is 24.3 Å². The molecule has 5 rings (SSSR count). The third-order valence-electron chi connectivity index (χ3n) is 6.09. The topological polar surface area (TPSA) is 111 Å². The number of rotatable bonds is 4. The maximum absolute atomic E-state index is 15.2. The number of carbonyl (C=O) groups is 1. The van der Waals surface area contributed by atoms with Crippen molar-refractivity contribution in [1.82, 2.24) is 9.97 Å². The molecule has 2 aromatic heterocycles. The van der Waals surface area contributed by atoms with Gasteiger partial charge in [0.2, 0.25) is 5.88 Å². The Morgan fingerprint density at radius 1 is 1.30 bits per heavy atom. The van der Waals surface area contributed by atoms with Gasteiger partial charge in [0.25, 0.3) is 0 Å². The zero-order valence-electron chi connectivity index (χ0n) is 18.0. The van der Waals surface area contributed by atoms with Gasteiger partial charge in [-0.1, -0.05) is 0 Å². The fraction of sp³-hybridized carbons (Fsp3) is 0.348. The fourth-order valence-corrected chi connectivity index (χ4v) is 4.18. The van der Waals surface area contributed by atoms with Crippen molar-refractivity contribution in [3.63, 3.8) is 0 Å². The van der Waals surface area contributed by atoms with Gasteiger partial charge in [-0.25, -0.2) is 23.5 Å². The highest BCUT2D eigenvalue weighted by Gasteiger charge is 2.30. The number of hydrogen-bond acceptors (Lipinski definition) is 7. The molecule has 1 amide bonds. The molecule has 0 atom stereocenters. The number of pyridine rings is 2. The lowest BCUT2D eigenvalue weighted by Gasteiger charge is -2.28. The molecule has 0 saturated heterocycles. The van der Waals surface area contributed by atoms with Crippen molar-refractivity contribution in [3.8, 4) is 17.0 Å². The van der Waals surface area contributed by atoms with Gasteiger partial charge in [0.15, 0.2) is 5.82 Å². The number of benzene rings is 1. The average Bonchev–Trinajstić information content (AvgIpc) is 2.79. The number of nitrogens with zero attached hydrogens (tertiary/aromatic N) is 2. The van der Waals surface area contributed by atoms with Gasteiger partial charge in [-0.3, -0.25) is 5.32 Å². The number of amides is 1. The molecule has 172 valence electrons. The number of aromatic nitrogens is 2.